The summed E-state index contributed by atoms with van der Waals surface area (Å²) in [5.41, 5.74) is 0. The zero-order chi connectivity index (χ0) is 8.53. The van der Waals surface area contributed by atoms with Crippen molar-refractivity contribution in [3.05, 3.63) is 0 Å². The van der Waals surface area contributed by atoms with E-state index in [0.29, 0.717) is 0 Å². The molecule has 0 N–H and O–H groups in total. The minimum atomic E-state index is 1.07. The van der Waals surface area contributed by atoms with Crippen molar-refractivity contribution in [2.24, 2.45) is 0 Å². The van der Waals surface area contributed by atoms with E-state index in [1.54, 1.807) is 0 Å². The van der Waals surface area contributed by atoms with E-state index >= 15 is 0 Å². The van der Waals surface area contributed by atoms with Crippen molar-refractivity contribution in [1.82, 2.24) is 10.1 Å². The predicted molar refractivity (Wildman–Crippen MR) is 50.6 cm³/mol. The number of rotatable bonds is 7. The lowest BCUT2D eigenvalue weighted by atomic mass is 10.3. The van der Waals surface area contributed by atoms with Crippen LogP contribution in [-0.2, 0) is 0 Å². The quantitative estimate of drug-likeness (QED) is 0.406. The lowest BCUT2D eigenvalue weighted by molar-refractivity contribution is 0.243. The van der Waals surface area contributed by atoms with Crippen molar-refractivity contribution in [3.63, 3.8) is 0 Å². The minimum Gasteiger partial charge on any atom is -0.122 e. The Balaban J connectivity index is 3.33. The SMILES string of the molecule is C=[N+]N(CCCC)CCCC. The second kappa shape index (κ2) is 7.58. The highest BCUT2D eigenvalue weighted by atomic mass is 15.4. The lowest BCUT2D eigenvalue weighted by Gasteiger charge is -2.05. The molecule has 2 nitrogen and oxygen atoms in total. The van der Waals surface area contributed by atoms with Gasteiger partial charge in [0.15, 0.2) is 5.10 Å². The van der Waals surface area contributed by atoms with Crippen molar-refractivity contribution < 1.29 is 0 Å². The Bertz CT molecular complexity index is 83.6. The summed E-state index contributed by atoms with van der Waals surface area (Å²) in [6, 6.07) is 0. The molecule has 0 aliphatic carbocycles. The Morgan fingerprint density at radius 2 is 1.55 bits per heavy atom. The van der Waals surface area contributed by atoms with E-state index in [1.807, 2.05) is 0 Å². The van der Waals surface area contributed by atoms with E-state index in [0.717, 1.165) is 13.1 Å². The number of hydrazone groups is 1. The van der Waals surface area contributed by atoms with E-state index in [1.165, 1.54) is 25.7 Å². The Hall–Kier alpha value is -0.530. The highest BCUT2D eigenvalue weighted by Crippen LogP contribution is 1.94. The van der Waals surface area contributed by atoms with Gasteiger partial charge in [-0.05, 0) is 12.8 Å². The third-order valence-corrected chi connectivity index (χ3v) is 1.74. The molecule has 0 rings (SSSR count). The molecule has 0 aliphatic rings. The first kappa shape index (κ1) is 10.5. The average molecular weight is 156 g/mol. The van der Waals surface area contributed by atoms with E-state index in [4.69, 9.17) is 0 Å². The molecule has 0 saturated carbocycles. The fraction of sp³-hybridized carbons (Fsp3) is 0.889. The summed E-state index contributed by atoms with van der Waals surface area (Å²) in [5.74, 6) is 0. The fourth-order valence-electron chi connectivity index (χ4n) is 0.934. The predicted octanol–water partition coefficient (Wildman–Crippen LogP) is 1.84. The molecule has 0 fully saturated rings. The molecule has 0 atom stereocenters. The highest BCUT2D eigenvalue weighted by Gasteiger charge is 2.06. The zero-order valence-corrected chi connectivity index (χ0v) is 7.84. The van der Waals surface area contributed by atoms with Gasteiger partial charge in [0.1, 0.15) is 0 Å². The van der Waals surface area contributed by atoms with Crippen LogP contribution in [0.1, 0.15) is 39.5 Å². The van der Waals surface area contributed by atoms with Gasteiger partial charge in [-0.25, -0.2) is 0 Å². The summed E-state index contributed by atoms with van der Waals surface area (Å²) >= 11 is 0. The van der Waals surface area contributed by atoms with Gasteiger partial charge in [-0.15, -0.1) is 5.01 Å². The third kappa shape index (κ3) is 5.89. The topological polar surface area (TPSA) is 17.3 Å². The number of hydrogen-bond donors (Lipinski definition) is 0. The van der Waals surface area contributed by atoms with Crippen molar-refractivity contribution in [3.8, 4) is 0 Å². The van der Waals surface area contributed by atoms with Crippen LogP contribution in [0.25, 0.3) is 0 Å². The molecule has 0 saturated heterocycles. The van der Waals surface area contributed by atoms with Crippen LogP contribution in [0.4, 0.5) is 0 Å². The van der Waals surface area contributed by atoms with Gasteiger partial charge in [0.25, 0.3) is 0 Å². The largest absolute Gasteiger partial charge is 0.240 e. The molecule has 0 spiro atoms. The Labute approximate surface area is 70.3 Å². The maximum atomic E-state index is 3.95. The molecule has 0 aliphatic heterocycles. The van der Waals surface area contributed by atoms with Crippen LogP contribution in [0.3, 0.4) is 0 Å². The smallest absolute Gasteiger partial charge is 0.122 e. The molecule has 2 heteroatoms. The van der Waals surface area contributed by atoms with Crippen molar-refractivity contribution in [1.29, 1.82) is 0 Å². The number of nitrogens with zero attached hydrogens (tertiary/aromatic N) is 2. The summed E-state index contributed by atoms with van der Waals surface area (Å²) in [7, 11) is 0. The standard InChI is InChI=1S/C9H20N2/c1-4-6-8-11(10-3)9-7-5-2/h3-9H2,1-2H3/q+1. The molecule has 0 heterocycles. The van der Waals surface area contributed by atoms with Crippen LogP contribution in [-0.4, -0.2) is 24.8 Å². The van der Waals surface area contributed by atoms with Gasteiger partial charge in [0.2, 0.25) is 6.72 Å². The first-order valence-electron chi connectivity index (χ1n) is 4.56. The van der Waals surface area contributed by atoms with E-state index in [9.17, 15) is 0 Å². The molecule has 11 heavy (non-hydrogen) atoms. The Morgan fingerprint density at radius 3 is 1.82 bits per heavy atom. The van der Waals surface area contributed by atoms with Gasteiger partial charge in [0.05, 0.1) is 13.1 Å². The van der Waals surface area contributed by atoms with Crippen molar-refractivity contribution >= 4 is 6.72 Å². The Kier molecular flexibility index (Phi) is 7.21. The fourth-order valence-corrected chi connectivity index (χ4v) is 0.934. The van der Waals surface area contributed by atoms with E-state index in [2.05, 4.69) is 30.7 Å². The second-order valence-electron chi connectivity index (χ2n) is 2.80. The van der Waals surface area contributed by atoms with Crippen LogP contribution in [0.5, 0.6) is 0 Å². The molecule has 0 aromatic heterocycles. The molecule has 1 radical (unpaired) electrons. The maximum Gasteiger partial charge on any atom is 0.240 e. The summed E-state index contributed by atoms with van der Waals surface area (Å²) in [4.78, 5) is 0. The molecular formula is C9H20N2+. The van der Waals surface area contributed by atoms with Gasteiger partial charge in [-0.1, -0.05) is 26.7 Å². The molecular weight excluding hydrogens is 136 g/mol. The van der Waals surface area contributed by atoms with Crippen LogP contribution in [0.15, 0.2) is 0 Å². The first-order chi connectivity index (χ1) is 5.35. The maximum absolute atomic E-state index is 3.95. The van der Waals surface area contributed by atoms with E-state index < -0.39 is 0 Å². The van der Waals surface area contributed by atoms with Crippen molar-refractivity contribution in [2.75, 3.05) is 13.1 Å². The molecule has 0 aromatic carbocycles. The van der Waals surface area contributed by atoms with Crippen LogP contribution in [0, 0.1) is 0 Å². The minimum absolute atomic E-state index is 1.07. The molecule has 0 bridgehead atoms. The third-order valence-electron chi connectivity index (χ3n) is 1.74. The van der Waals surface area contributed by atoms with Gasteiger partial charge < -0.3 is 0 Å². The number of hydrogen-bond acceptors (Lipinski definition) is 2. The average Bonchev–Trinajstić information content (AvgIpc) is 2.05. The van der Waals surface area contributed by atoms with Gasteiger partial charge in [-0.3, -0.25) is 0 Å². The molecule has 0 aromatic rings. The number of unbranched alkanes of at least 4 members (excludes halogenated alkanes) is 2. The van der Waals surface area contributed by atoms with E-state index in [-0.39, 0.29) is 0 Å². The van der Waals surface area contributed by atoms with Gasteiger partial charge in [0, 0.05) is 0 Å². The van der Waals surface area contributed by atoms with Crippen LogP contribution >= 0.6 is 0 Å². The van der Waals surface area contributed by atoms with Gasteiger partial charge in [-0.2, -0.15) is 0 Å². The second-order valence-corrected chi connectivity index (χ2v) is 2.80. The summed E-state index contributed by atoms with van der Waals surface area (Å²) in [6.07, 6.45) is 4.92. The highest BCUT2D eigenvalue weighted by molar-refractivity contribution is 5.20. The molecule has 65 valence electrons. The Morgan fingerprint density at radius 1 is 1.09 bits per heavy atom. The lowest BCUT2D eigenvalue weighted by Crippen LogP contribution is -2.27. The first-order valence-corrected chi connectivity index (χ1v) is 4.56. The van der Waals surface area contributed by atoms with Gasteiger partial charge >= 0.3 is 0 Å². The normalized spacial score (nSPS) is 9.64. The molecule has 0 amide bonds. The zero-order valence-electron chi connectivity index (χ0n) is 7.84. The summed E-state index contributed by atoms with van der Waals surface area (Å²) in [6.45, 7) is 10.1. The van der Waals surface area contributed by atoms with Crippen LogP contribution in [0.2, 0.25) is 0 Å². The van der Waals surface area contributed by atoms with Crippen LogP contribution < -0.4 is 5.10 Å². The molecule has 0 unspecified atom stereocenters. The summed E-state index contributed by atoms with van der Waals surface area (Å²) in [5, 5.41) is 6.01. The van der Waals surface area contributed by atoms with Crippen molar-refractivity contribution in [2.45, 2.75) is 39.5 Å². The summed E-state index contributed by atoms with van der Waals surface area (Å²) < 4.78 is 0. The monoisotopic (exact) mass is 156 g/mol.